The fourth-order valence-electron chi connectivity index (χ4n) is 6.88. The van der Waals surface area contributed by atoms with Crippen LogP contribution in [0.1, 0.15) is 51.4 Å². The van der Waals surface area contributed by atoms with E-state index in [0.717, 1.165) is 38.2 Å². The van der Waals surface area contributed by atoms with Crippen molar-refractivity contribution in [2.24, 2.45) is 28.6 Å². The van der Waals surface area contributed by atoms with Crippen molar-refractivity contribution in [1.82, 2.24) is 10.0 Å². The zero-order chi connectivity index (χ0) is 23.4. The van der Waals surface area contributed by atoms with E-state index in [1.54, 1.807) is 0 Å². The number of hydrogen-bond donors (Lipinski definition) is 3. The number of carbonyl (C=O) groups is 2. The molecule has 5 fully saturated rings. The van der Waals surface area contributed by atoms with E-state index < -0.39 is 26.2 Å². The molecule has 0 radical (unpaired) electrons. The fraction of sp³-hybridized carbons (Fsp3) is 0.667. The number of ketones is 1. The van der Waals surface area contributed by atoms with Crippen LogP contribution in [0, 0.1) is 34.4 Å². The molecule has 0 spiro atoms. The number of aliphatic hydroxyl groups is 1. The molecule has 33 heavy (non-hydrogen) atoms. The average Bonchev–Trinajstić information content (AvgIpc) is 3.56. The summed E-state index contributed by atoms with van der Waals surface area (Å²) in [6.07, 6.45) is 5.80. The largest absolute Gasteiger partial charge is 0.396 e. The van der Waals surface area contributed by atoms with Gasteiger partial charge in [-0.1, -0.05) is 12.1 Å². The van der Waals surface area contributed by atoms with E-state index in [1.165, 1.54) is 18.2 Å². The van der Waals surface area contributed by atoms with E-state index in [-0.39, 0.29) is 54.6 Å². The molecule has 5 saturated carbocycles. The summed E-state index contributed by atoms with van der Waals surface area (Å²) in [6, 6.07) is 5.20. The van der Waals surface area contributed by atoms with Crippen LogP contribution in [0.4, 0.5) is 4.39 Å². The lowest BCUT2D eigenvalue weighted by atomic mass is 9.46. The quantitative estimate of drug-likeness (QED) is 0.503. The minimum absolute atomic E-state index is 0.00440. The molecule has 3 N–H and O–H groups in total. The molecule has 0 saturated heterocycles. The van der Waals surface area contributed by atoms with Crippen molar-refractivity contribution in [1.29, 1.82) is 0 Å². The highest BCUT2D eigenvalue weighted by Crippen LogP contribution is 2.61. The fourth-order valence-corrected chi connectivity index (χ4v) is 8.09. The minimum atomic E-state index is -4.05. The van der Waals surface area contributed by atoms with Crippen molar-refractivity contribution < 1.29 is 27.5 Å². The second-order valence-electron chi connectivity index (χ2n) is 10.7. The van der Waals surface area contributed by atoms with E-state index in [0.29, 0.717) is 18.8 Å². The molecule has 2 atom stereocenters. The first-order chi connectivity index (χ1) is 15.7. The summed E-state index contributed by atoms with van der Waals surface area (Å²) in [6.45, 7) is -0.175. The molecule has 0 aromatic heterocycles. The maximum atomic E-state index is 14.0. The highest BCUT2D eigenvalue weighted by molar-refractivity contribution is 7.89. The van der Waals surface area contributed by atoms with Crippen LogP contribution in [0.3, 0.4) is 0 Å². The standard InChI is InChI=1S/C24H31FN2O5S/c25-18-3-1-2-4-19(18)33(31,32)26-14-23(6-7-23)22(30)27-21-16-9-15-10-17(21)13-24(11-15,12-16)20(29)5-8-28/h1-4,15-17,21,26,28H,5-14H2,(H,27,30). The summed E-state index contributed by atoms with van der Waals surface area (Å²) in [5, 5.41) is 12.5. The van der Waals surface area contributed by atoms with Crippen molar-refractivity contribution in [2.75, 3.05) is 13.2 Å². The highest BCUT2D eigenvalue weighted by Gasteiger charge is 2.59. The Hall–Kier alpha value is -1.84. The smallest absolute Gasteiger partial charge is 0.243 e. The number of hydrogen-bond acceptors (Lipinski definition) is 5. The molecule has 7 nitrogen and oxygen atoms in total. The topological polar surface area (TPSA) is 113 Å². The second kappa shape index (κ2) is 8.13. The number of amides is 1. The Balaban J connectivity index is 1.24. The summed E-state index contributed by atoms with van der Waals surface area (Å²) in [5.74, 6) is 0.183. The summed E-state index contributed by atoms with van der Waals surface area (Å²) >= 11 is 0. The Morgan fingerprint density at radius 2 is 1.76 bits per heavy atom. The van der Waals surface area contributed by atoms with Crippen molar-refractivity contribution in [2.45, 2.75) is 62.3 Å². The van der Waals surface area contributed by atoms with Gasteiger partial charge >= 0.3 is 0 Å². The van der Waals surface area contributed by atoms with Gasteiger partial charge in [-0.2, -0.15) is 0 Å². The van der Waals surface area contributed by atoms with Gasteiger partial charge in [0.15, 0.2) is 0 Å². The number of carbonyl (C=O) groups excluding carboxylic acids is 2. The van der Waals surface area contributed by atoms with Crippen LogP contribution in [0.15, 0.2) is 29.2 Å². The lowest BCUT2D eigenvalue weighted by Gasteiger charge is -2.59. The number of Topliss-reactive ketones (excluding diaryl/α,β-unsaturated/α-hetero) is 1. The van der Waals surface area contributed by atoms with Crippen LogP contribution >= 0.6 is 0 Å². The van der Waals surface area contributed by atoms with Gasteiger partial charge in [-0.05, 0) is 74.8 Å². The molecule has 5 aliphatic rings. The van der Waals surface area contributed by atoms with E-state index >= 15 is 0 Å². The number of sulfonamides is 1. The summed E-state index contributed by atoms with van der Waals surface area (Å²) in [7, 11) is -4.05. The number of rotatable bonds is 9. The van der Waals surface area contributed by atoms with Crippen LogP contribution in [-0.2, 0) is 19.6 Å². The van der Waals surface area contributed by atoms with Crippen molar-refractivity contribution in [3.05, 3.63) is 30.1 Å². The van der Waals surface area contributed by atoms with Crippen LogP contribution < -0.4 is 10.0 Å². The second-order valence-corrected chi connectivity index (χ2v) is 12.4. The normalized spacial score (nSPS) is 33.6. The first-order valence-corrected chi connectivity index (χ1v) is 13.4. The zero-order valence-electron chi connectivity index (χ0n) is 18.6. The molecule has 5 aliphatic carbocycles. The van der Waals surface area contributed by atoms with Gasteiger partial charge in [0.1, 0.15) is 16.5 Å². The third-order valence-electron chi connectivity index (χ3n) is 8.56. The molecule has 9 heteroatoms. The zero-order valence-corrected chi connectivity index (χ0v) is 19.4. The van der Waals surface area contributed by atoms with Crippen LogP contribution in [0.2, 0.25) is 0 Å². The van der Waals surface area contributed by atoms with Gasteiger partial charge in [0.2, 0.25) is 15.9 Å². The summed E-state index contributed by atoms with van der Waals surface area (Å²) in [5.41, 5.74) is -1.13. The van der Waals surface area contributed by atoms with E-state index in [1.807, 2.05) is 0 Å². The molecule has 180 valence electrons. The molecule has 1 aromatic carbocycles. The molecule has 6 rings (SSSR count). The van der Waals surface area contributed by atoms with Gasteiger partial charge in [-0.25, -0.2) is 17.5 Å². The Morgan fingerprint density at radius 1 is 1.09 bits per heavy atom. The van der Waals surface area contributed by atoms with E-state index in [2.05, 4.69) is 10.0 Å². The number of aliphatic hydroxyl groups excluding tert-OH is 1. The molecule has 1 aromatic rings. The Labute approximate surface area is 193 Å². The predicted molar refractivity (Wildman–Crippen MR) is 118 cm³/mol. The molecular weight excluding hydrogens is 447 g/mol. The van der Waals surface area contributed by atoms with Crippen LogP contribution in [-0.4, -0.2) is 44.4 Å². The number of halogens is 1. The van der Waals surface area contributed by atoms with Crippen LogP contribution in [0.25, 0.3) is 0 Å². The van der Waals surface area contributed by atoms with Crippen molar-refractivity contribution in [3.8, 4) is 0 Å². The Morgan fingerprint density at radius 3 is 2.36 bits per heavy atom. The minimum Gasteiger partial charge on any atom is -0.396 e. The highest BCUT2D eigenvalue weighted by atomic mass is 32.2. The molecule has 1 amide bonds. The maximum Gasteiger partial charge on any atom is 0.243 e. The lowest BCUT2D eigenvalue weighted by molar-refractivity contribution is -0.149. The monoisotopic (exact) mass is 478 g/mol. The molecule has 4 bridgehead atoms. The Kier molecular flexibility index (Phi) is 5.65. The summed E-state index contributed by atoms with van der Waals surface area (Å²) in [4.78, 5) is 25.6. The van der Waals surface area contributed by atoms with Crippen molar-refractivity contribution >= 4 is 21.7 Å². The first-order valence-electron chi connectivity index (χ1n) is 11.9. The Bertz CT molecular complexity index is 1050. The van der Waals surface area contributed by atoms with E-state index in [9.17, 15) is 27.5 Å². The maximum absolute atomic E-state index is 14.0. The van der Waals surface area contributed by atoms with Gasteiger partial charge in [-0.15, -0.1) is 0 Å². The van der Waals surface area contributed by atoms with Gasteiger partial charge in [0.25, 0.3) is 0 Å². The summed E-state index contributed by atoms with van der Waals surface area (Å²) < 4.78 is 41.5. The van der Waals surface area contributed by atoms with Crippen LogP contribution in [0.5, 0.6) is 0 Å². The van der Waals surface area contributed by atoms with Gasteiger partial charge in [-0.3, -0.25) is 9.59 Å². The van der Waals surface area contributed by atoms with Gasteiger partial charge < -0.3 is 10.4 Å². The molecular formula is C24H31FN2O5S. The average molecular weight is 479 g/mol. The molecule has 0 heterocycles. The number of benzene rings is 1. The van der Waals surface area contributed by atoms with E-state index in [4.69, 9.17) is 0 Å². The third kappa shape index (κ3) is 4.02. The molecule has 2 unspecified atom stereocenters. The first kappa shape index (κ1) is 22.9. The molecule has 0 aliphatic heterocycles. The van der Waals surface area contributed by atoms with Gasteiger partial charge in [0.05, 0.1) is 5.41 Å². The predicted octanol–water partition coefficient (Wildman–Crippen LogP) is 2.15. The SMILES string of the molecule is O=C(CCO)C12CC3CC(C1)C(NC(=O)C1(CNS(=O)(=O)c4ccccc4F)CC1)C(C3)C2. The third-order valence-corrected chi connectivity index (χ3v) is 10.00. The van der Waals surface area contributed by atoms with Crippen molar-refractivity contribution in [3.63, 3.8) is 0 Å². The number of nitrogens with one attached hydrogen (secondary N) is 2. The van der Waals surface area contributed by atoms with Gasteiger partial charge in [0, 0.05) is 31.0 Å². The lowest BCUT2D eigenvalue weighted by Crippen LogP contribution is -2.62.